The van der Waals surface area contributed by atoms with Crippen molar-refractivity contribution in [3.63, 3.8) is 0 Å². The van der Waals surface area contributed by atoms with Crippen molar-refractivity contribution in [2.45, 2.75) is 20.3 Å². The third-order valence-electron chi connectivity index (χ3n) is 3.55. The van der Waals surface area contributed by atoms with Crippen molar-refractivity contribution in [2.24, 2.45) is 0 Å². The van der Waals surface area contributed by atoms with E-state index in [4.69, 9.17) is 4.42 Å². The molecule has 0 saturated carbocycles. The standard InChI is InChI=1S/C19H18O/c1-3-4-5-9-14(2)15-11-8-12-17-16-10-6-7-13-18(16)20-19(15)17/h4-13H,3H2,1-2H3/b5-4-,14-9+. The van der Waals surface area contributed by atoms with E-state index in [1.54, 1.807) is 0 Å². The lowest BCUT2D eigenvalue weighted by Crippen LogP contribution is -1.79. The summed E-state index contributed by atoms with van der Waals surface area (Å²) in [6, 6.07) is 14.5. The van der Waals surface area contributed by atoms with Crippen LogP contribution in [0, 0.1) is 0 Å². The van der Waals surface area contributed by atoms with Crippen LogP contribution < -0.4 is 0 Å². The van der Waals surface area contributed by atoms with E-state index >= 15 is 0 Å². The Morgan fingerprint density at radius 2 is 1.85 bits per heavy atom. The number of fused-ring (bicyclic) bond motifs is 3. The quantitative estimate of drug-likeness (QED) is 0.531. The average Bonchev–Trinajstić information content (AvgIpc) is 2.86. The van der Waals surface area contributed by atoms with E-state index in [2.05, 4.69) is 62.4 Å². The molecular formula is C19H18O. The van der Waals surface area contributed by atoms with Gasteiger partial charge in [-0.25, -0.2) is 0 Å². The first-order chi connectivity index (χ1) is 9.81. The maximum Gasteiger partial charge on any atom is 0.142 e. The first-order valence-electron chi connectivity index (χ1n) is 7.05. The summed E-state index contributed by atoms with van der Waals surface area (Å²) in [5.41, 5.74) is 4.32. The van der Waals surface area contributed by atoms with Gasteiger partial charge in [0.1, 0.15) is 11.2 Å². The van der Waals surface area contributed by atoms with E-state index < -0.39 is 0 Å². The van der Waals surface area contributed by atoms with Crippen LogP contribution in [0.25, 0.3) is 27.5 Å². The topological polar surface area (TPSA) is 13.1 Å². The Kier molecular flexibility index (Phi) is 3.42. The molecule has 0 amide bonds. The fraction of sp³-hybridized carbons (Fsp3) is 0.158. The highest BCUT2D eigenvalue weighted by Gasteiger charge is 2.10. The van der Waals surface area contributed by atoms with Crippen molar-refractivity contribution < 1.29 is 4.42 Å². The zero-order chi connectivity index (χ0) is 13.9. The number of benzene rings is 2. The van der Waals surface area contributed by atoms with Gasteiger partial charge in [-0.3, -0.25) is 0 Å². The van der Waals surface area contributed by atoms with E-state index in [-0.39, 0.29) is 0 Å². The smallest absolute Gasteiger partial charge is 0.142 e. The molecule has 0 N–H and O–H groups in total. The summed E-state index contributed by atoms with van der Waals surface area (Å²) in [6.07, 6.45) is 7.46. The maximum absolute atomic E-state index is 6.05. The zero-order valence-corrected chi connectivity index (χ0v) is 11.9. The Hall–Kier alpha value is -2.28. The molecule has 3 aromatic rings. The highest BCUT2D eigenvalue weighted by molar-refractivity contribution is 6.07. The van der Waals surface area contributed by atoms with Gasteiger partial charge in [-0.2, -0.15) is 0 Å². The highest BCUT2D eigenvalue weighted by atomic mass is 16.3. The number of rotatable bonds is 3. The highest BCUT2D eigenvalue weighted by Crippen LogP contribution is 2.33. The van der Waals surface area contributed by atoms with E-state index in [0.29, 0.717) is 0 Å². The summed E-state index contributed by atoms with van der Waals surface area (Å²) in [5.74, 6) is 0. The van der Waals surface area contributed by atoms with E-state index in [9.17, 15) is 0 Å². The third kappa shape index (κ3) is 2.16. The predicted molar refractivity (Wildman–Crippen MR) is 86.8 cm³/mol. The van der Waals surface area contributed by atoms with Gasteiger partial charge < -0.3 is 4.42 Å². The second-order valence-electron chi connectivity index (χ2n) is 4.97. The monoisotopic (exact) mass is 262 g/mol. The molecule has 100 valence electrons. The van der Waals surface area contributed by atoms with Gasteiger partial charge >= 0.3 is 0 Å². The number of hydrogen-bond acceptors (Lipinski definition) is 1. The second-order valence-corrected chi connectivity index (χ2v) is 4.97. The van der Waals surface area contributed by atoms with Crippen LogP contribution in [0.1, 0.15) is 25.8 Å². The van der Waals surface area contributed by atoms with Gasteiger partial charge in [-0.15, -0.1) is 0 Å². The van der Waals surface area contributed by atoms with Crippen LogP contribution in [0.15, 0.2) is 65.1 Å². The molecule has 0 atom stereocenters. The summed E-state index contributed by atoms with van der Waals surface area (Å²) >= 11 is 0. The molecule has 2 aromatic carbocycles. The molecule has 0 aliphatic heterocycles. The van der Waals surface area contributed by atoms with Crippen molar-refractivity contribution >= 4 is 27.5 Å². The Morgan fingerprint density at radius 1 is 1.05 bits per heavy atom. The molecule has 20 heavy (non-hydrogen) atoms. The molecule has 1 nitrogen and oxygen atoms in total. The van der Waals surface area contributed by atoms with Crippen molar-refractivity contribution in [1.29, 1.82) is 0 Å². The van der Waals surface area contributed by atoms with Gasteiger partial charge in [-0.05, 0) is 25.0 Å². The molecule has 0 fully saturated rings. The van der Waals surface area contributed by atoms with E-state index in [1.165, 1.54) is 21.9 Å². The summed E-state index contributed by atoms with van der Waals surface area (Å²) < 4.78 is 6.05. The molecule has 1 aromatic heterocycles. The lowest BCUT2D eigenvalue weighted by Gasteiger charge is -2.01. The third-order valence-corrected chi connectivity index (χ3v) is 3.55. The summed E-state index contributed by atoms with van der Waals surface area (Å²) in [7, 11) is 0. The largest absolute Gasteiger partial charge is 0.455 e. The first-order valence-corrected chi connectivity index (χ1v) is 7.05. The molecule has 0 unspecified atom stereocenters. The Balaban J connectivity index is 2.21. The normalized spacial score (nSPS) is 12.8. The number of allylic oxidation sites excluding steroid dienone is 4. The predicted octanol–water partition coefficient (Wildman–Crippen LogP) is 5.96. The summed E-state index contributed by atoms with van der Waals surface area (Å²) in [4.78, 5) is 0. The van der Waals surface area contributed by atoms with Crippen molar-refractivity contribution in [3.05, 3.63) is 66.3 Å². The van der Waals surface area contributed by atoms with E-state index in [1.807, 2.05) is 12.1 Å². The van der Waals surface area contributed by atoms with Gasteiger partial charge in [0.25, 0.3) is 0 Å². The van der Waals surface area contributed by atoms with Crippen LogP contribution in [0.3, 0.4) is 0 Å². The van der Waals surface area contributed by atoms with Crippen LogP contribution in [0.5, 0.6) is 0 Å². The van der Waals surface area contributed by atoms with Crippen molar-refractivity contribution in [1.82, 2.24) is 0 Å². The Labute approximate surface area is 119 Å². The van der Waals surface area contributed by atoms with Gasteiger partial charge in [0.15, 0.2) is 0 Å². The van der Waals surface area contributed by atoms with E-state index in [0.717, 1.165) is 17.6 Å². The number of hydrogen-bond donors (Lipinski definition) is 0. The fourth-order valence-corrected chi connectivity index (χ4v) is 2.50. The minimum absolute atomic E-state index is 0.951. The molecule has 0 bridgehead atoms. The van der Waals surface area contributed by atoms with Crippen LogP contribution in [0.2, 0.25) is 0 Å². The molecule has 1 heterocycles. The fourth-order valence-electron chi connectivity index (χ4n) is 2.50. The Morgan fingerprint density at radius 3 is 2.70 bits per heavy atom. The zero-order valence-electron chi connectivity index (χ0n) is 11.9. The van der Waals surface area contributed by atoms with Crippen molar-refractivity contribution in [2.75, 3.05) is 0 Å². The maximum atomic E-state index is 6.05. The molecule has 0 spiro atoms. The summed E-state index contributed by atoms with van der Waals surface area (Å²) in [5, 5.41) is 2.37. The van der Waals surface area contributed by atoms with Gasteiger partial charge in [0.05, 0.1) is 0 Å². The molecular weight excluding hydrogens is 244 g/mol. The van der Waals surface area contributed by atoms with Gasteiger partial charge in [0, 0.05) is 16.3 Å². The first kappa shape index (κ1) is 12.7. The minimum atomic E-state index is 0.951. The number of furan rings is 1. The molecule has 1 heteroatoms. The Bertz CT molecular complexity index is 803. The van der Waals surface area contributed by atoms with Crippen LogP contribution >= 0.6 is 0 Å². The average molecular weight is 262 g/mol. The lowest BCUT2D eigenvalue weighted by atomic mass is 10.0. The summed E-state index contributed by atoms with van der Waals surface area (Å²) in [6.45, 7) is 4.27. The van der Waals surface area contributed by atoms with Gasteiger partial charge in [0.2, 0.25) is 0 Å². The SMILES string of the molecule is CC/C=C\C=C(/C)c1cccc2c1oc1ccccc12. The van der Waals surface area contributed by atoms with Gasteiger partial charge in [-0.1, -0.05) is 61.5 Å². The van der Waals surface area contributed by atoms with Crippen LogP contribution in [-0.4, -0.2) is 0 Å². The molecule has 0 saturated heterocycles. The van der Waals surface area contributed by atoms with Crippen LogP contribution in [0.4, 0.5) is 0 Å². The van der Waals surface area contributed by atoms with Crippen LogP contribution in [-0.2, 0) is 0 Å². The molecule has 0 aliphatic carbocycles. The van der Waals surface area contributed by atoms with Crippen molar-refractivity contribution in [3.8, 4) is 0 Å². The molecule has 0 radical (unpaired) electrons. The molecule has 3 rings (SSSR count). The molecule has 0 aliphatic rings. The number of para-hydroxylation sites is 2. The minimum Gasteiger partial charge on any atom is -0.455 e. The lowest BCUT2D eigenvalue weighted by molar-refractivity contribution is 0.667. The second kappa shape index (κ2) is 5.38.